The fourth-order valence-electron chi connectivity index (χ4n) is 3.85. The highest BCUT2D eigenvalue weighted by atomic mass is 16.5. The van der Waals surface area contributed by atoms with Crippen LogP contribution in [-0.2, 0) is 16.1 Å². The minimum Gasteiger partial charge on any atom is -0.461 e. The molecule has 0 saturated heterocycles. The number of rotatable bonds is 6. The van der Waals surface area contributed by atoms with E-state index in [-0.39, 0.29) is 37.4 Å². The Morgan fingerprint density at radius 1 is 0.933 bits per heavy atom. The zero-order valence-electron chi connectivity index (χ0n) is 17.1. The van der Waals surface area contributed by atoms with Gasteiger partial charge in [-0.05, 0) is 48.9 Å². The van der Waals surface area contributed by atoms with Gasteiger partial charge in [0.05, 0.1) is 0 Å². The molecule has 0 radical (unpaired) electrons. The first kappa shape index (κ1) is 19.8. The second-order valence-electron chi connectivity index (χ2n) is 7.67. The van der Waals surface area contributed by atoms with Crippen LogP contribution in [0.2, 0.25) is 0 Å². The molecule has 0 atom stereocenters. The second kappa shape index (κ2) is 8.11. The number of nitrogens with zero attached hydrogens (tertiary/aromatic N) is 1. The van der Waals surface area contributed by atoms with E-state index in [1.165, 1.54) is 4.90 Å². The van der Waals surface area contributed by atoms with E-state index in [1.807, 2.05) is 56.3 Å². The molecular weight excluding hydrogens is 378 g/mol. The Balaban J connectivity index is 1.37. The van der Waals surface area contributed by atoms with Crippen molar-refractivity contribution in [2.75, 3.05) is 6.54 Å². The Morgan fingerprint density at radius 3 is 2.27 bits per heavy atom. The molecule has 0 aromatic heterocycles. The molecule has 0 spiro atoms. The first-order valence-corrected chi connectivity index (χ1v) is 10.1. The Labute approximate surface area is 175 Å². The maximum Gasteiger partial charge on any atom is 0.306 e. The normalized spacial score (nSPS) is 13.1. The number of imide groups is 1. The van der Waals surface area contributed by atoms with E-state index < -0.39 is 0 Å². The van der Waals surface area contributed by atoms with Crippen LogP contribution in [-0.4, -0.2) is 29.2 Å². The molecule has 0 saturated carbocycles. The molecule has 0 N–H and O–H groups in total. The monoisotopic (exact) mass is 401 g/mol. The van der Waals surface area contributed by atoms with E-state index >= 15 is 0 Å². The van der Waals surface area contributed by atoms with Gasteiger partial charge in [-0.15, -0.1) is 0 Å². The average Bonchev–Trinajstić information content (AvgIpc) is 2.75. The van der Waals surface area contributed by atoms with Crippen molar-refractivity contribution in [2.45, 2.75) is 33.3 Å². The third kappa shape index (κ3) is 3.71. The fraction of sp³-hybridized carbons (Fsp3) is 0.240. The van der Waals surface area contributed by atoms with E-state index in [1.54, 1.807) is 12.1 Å². The minimum atomic E-state index is -0.338. The highest BCUT2D eigenvalue weighted by Gasteiger charge is 2.32. The molecule has 1 heterocycles. The minimum absolute atomic E-state index is 0.147. The second-order valence-corrected chi connectivity index (χ2v) is 7.67. The quantitative estimate of drug-likeness (QED) is 0.448. The van der Waals surface area contributed by atoms with Crippen molar-refractivity contribution >= 4 is 28.6 Å². The number of aryl methyl sites for hydroxylation is 2. The van der Waals surface area contributed by atoms with Gasteiger partial charge in [0.2, 0.25) is 0 Å². The van der Waals surface area contributed by atoms with Crippen LogP contribution in [0.4, 0.5) is 0 Å². The third-order valence-corrected chi connectivity index (χ3v) is 5.51. The van der Waals surface area contributed by atoms with Gasteiger partial charge in [0.1, 0.15) is 6.61 Å². The van der Waals surface area contributed by atoms with Crippen molar-refractivity contribution in [3.8, 4) is 0 Å². The highest BCUT2D eigenvalue weighted by Crippen LogP contribution is 2.30. The lowest BCUT2D eigenvalue weighted by molar-refractivity contribution is -0.145. The molecule has 0 fully saturated rings. The summed E-state index contributed by atoms with van der Waals surface area (Å²) in [6.07, 6.45) is 0.509. The first-order valence-electron chi connectivity index (χ1n) is 10.1. The number of carbonyl (C=O) groups excluding carboxylic acids is 3. The summed E-state index contributed by atoms with van der Waals surface area (Å²) in [7, 11) is 0. The number of hydrogen-bond donors (Lipinski definition) is 0. The molecule has 152 valence electrons. The summed E-state index contributed by atoms with van der Waals surface area (Å²) >= 11 is 0. The van der Waals surface area contributed by atoms with Crippen molar-refractivity contribution in [1.82, 2.24) is 4.90 Å². The average molecular weight is 401 g/mol. The summed E-state index contributed by atoms with van der Waals surface area (Å²) in [6.45, 7) is 4.38. The van der Waals surface area contributed by atoms with Gasteiger partial charge >= 0.3 is 5.97 Å². The topological polar surface area (TPSA) is 63.7 Å². The van der Waals surface area contributed by atoms with E-state index in [0.717, 1.165) is 22.1 Å². The van der Waals surface area contributed by atoms with Crippen LogP contribution in [0.1, 0.15) is 50.2 Å². The summed E-state index contributed by atoms with van der Waals surface area (Å²) < 4.78 is 5.38. The Bertz CT molecular complexity index is 1110. The highest BCUT2D eigenvalue weighted by molar-refractivity contribution is 6.25. The predicted molar refractivity (Wildman–Crippen MR) is 114 cm³/mol. The molecule has 0 bridgehead atoms. The predicted octanol–water partition coefficient (Wildman–Crippen LogP) is 4.58. The van der Waals surface area contributed by atoms with Crippen LogP contribution in [0, 0.1) is 13.8 Å². The molecule has 0 unspecified atom stereocenters. The molecule has 2 amide bonds. The zero-order valence-corrected chi connectivity index (χ0v) is 17.1. The summed E-state index contributed by atoms with van der Waals surface area (Å²) in [5.41, 5.74) is 4.23. The van der Waals surface area contributed by atoms with Crippen LogP contribution in [0.25, 0.3) is 10.8 Å². The molecule has 1 aliphatic rings. The molecule has 3 aromatic carbocycles. The molecule has 3 aromatic rings. The lowest BCUT2D eigenvalue weighted by Crippen LogP contribution is -2.41. The van der Waals surface area contributed by atoms with E-state index in [9.17, 15) is 14.4 Å². The van der Waals surface area contributed by atoms with Crippen molar-refractivity contribution in [3.63, 3.8) is 0 Å². The lowest BCUT2D eigenvalue weighted by Gasteiger charge is -2.27. The van der Waals surface area contributed by atoms with Gasteiger partial charge in [0.25, 0.3) is 11.8 Å². The molecule has 0 aliphatic carbocycles. The van der Waals surface area contributed by atoms with Gasteiger partial charge in [-0.2, -0.15) is 0 Å². The molecule has 5 heteroatoms. The first-order chi connectivity index (χ1) is 14.5. The van der Waals surface area contributed by atoms with Crippen LogP contribution in [0.3, 0.4) is 0 Å². The summed E-state index contributed by atoms with van der Waals surface area (Å²) in [5.74, 6) is -0.962. The number of carbonyl (C=O) groups is 3. The van der Waals surface area contributed by atoms with Crippen molar-refractivity contribution in [1.29, 1.82) is 0 Å². The lowest BCUT2D eigenvalue weighted by atomic mass is 9.94. The largest absolute Gasteiger partial charge is 0.461 e. The molecule has 30 heavy (non-hydrogen) atoms. The SMILES string of the molecule is Cc1ccc(C)c(COC(=O)CCCN2C(=O)c3cccc4cccc(c34)C2=O)c1. The number of amides is 2. The Hall–Kier alpha value is -3.47. The van der Waals surface area contributed by atoms with Crippen molar-refractivity contribution in [3.05, 3.63) is 82.4 Å². The van der Waals surface area contributed by atoms with Crippen LogP contribution in [0.15, 0.2) is 54.6 Å². The number of benzene rings is 3. The summed E-state index contributed by atoms with van der Waals surface area (Å²) in [5, 5.41) is 1.58. The standard InChI is InChI=1S/C25H23NO4/c1-16-11-12-17(2)19(14-16)15-30-22(27)10-5-13-26-24(28)20-8-3-6-18-7-4-9-21(23(18)20)25(26)29/h3-4,6-9,11-12,14H,5,10,13,15H2,1-2H3. The maximum atomic E-state index is 12.9. The van der Waals surface area contributed by atoms with Crippen LogP contribution < -0.4 is 0 Å². The van der Waals surface area contributed by atoms with Crippen molar-refractivity contribution in [2.24, 2.45) is 0 Å². The Kier molecular flexibility index (Phi) is 5.36. The smallest absolute Gasteiger partial charge is 0.306 e. The van der Waals surface area contributed by atoms with Gasteiger partial charge < -0.3 is 4.74 Å². The van der Waals surface area contributed by atoms with Gasteiger partial charge in [0.15, 0.2) is 0 Å². The summed E-state index contributed by atoms with van der Waals surface area (Å²) in [6, 6.07) is 16.9. The molecular formula is C25H23NO4. The van der Waals surface area contributed by atoms with Gasteiger partial charge in [-0.3, -0.25) is 19.3 Å². The maximum absolute atomic E-state index is 12.9. The third-order valence-electron chi connectivity index (χ3n) is 5.51. The zero-order chi connectivity index (χ0) is 21.3. The summed E-state index contributed by atoms with van der Waals surface area (Å²) in [4.78, 5) is 39.1. The molecule has 1 aliphatic heterocycles. The Morgan fingerprint density at radius 2 is 1.60 bits per heavy atom. The van der Waals surface area contributed by atoms with Crippen LogP contribution in [0.5, 0.6) is 0 Å². The van der Waals surface area contributed by atoms with Gasteiger partial charge in [-0.25, -0.2) is 0 Å². The molecule has 4 rings (SSSR count). The fourth-order valence-corrected chi connectivity index (χ4v) is 3.85. The van der Waals surface area contributed by atoms with E-state index in [0.29, 0.717) is 22.9 Å². The van der Waals surface area contributed by atoms with Gasteiger partial charge in [0, 0.05) is 29.5 Å². The van der Waals surface area contributed by atoms with Crippen molar-refractivity contribution < 1.29 is 19.1 Å². The number of esters is 1. The van der Waals surface area contributed by atoms with Gasteiger partial charge in [-0.1, -0.05) is 48.0 Å². The number of hydrogen-bond acceptors (Lipinski definition) is 4. The van der Waals surface area contributed by atoms with Crippen LogP contribution >= 0.6 is 0 Å². The van der Waals surface area contributed by atoms with E-state index in [2.05, 4.69) is 0 Å². The molecule has 5 nitrogen and oxygen atoms in total. The number of ether oxygens (including phenoxy) is 1. The van der Waals surface area contributed by atoms with E-state index in [4.69, 9.17) is 4.74 Å².